The Labute approximate surface area is 72.6 Å². The highest BCUT2D eigenvalue weighted by Crippen LogP contribution is 2.10. The standard InChI is InChI=1S/C8H16N2O2/c1-2-10-7(6-9-1)5-8-11-3-4-12-8/h7-10H,1-6H2. The van der Waals surface area contributed by atoms with Crippen LogP contribution in [0.15, 0.2) is 0 Å². The van der Waals surface area contributed by atoms with Gasteiger partial charge in [0.25, 0.3) is 0 Å². The second kappa shape index (κ2) is 4.18. The average Bonchev–Trinajstić information content (AvgIpc) is 2.59. The van der Waals surface area contributed by atoms with E-state index in [1.54, 1.807) is 0 Å². The molecule has 0 aromatic heterocycles. The predicted octanol–water partition coefficient (Wildman–Crippen LogP) is -0.689. The van der Waals surface area contributed by atoms with Crippen LogP contribution >= 0.6 is 0 Å². The van der Waals surface area contributed by atoms with Crippen LogP contribution in [-0.4, -0.2) is 45.2 Å². The first-order chi connectivity index (χ1) is 5.95. The minimum Gasteiger partial charge on any atom is -0.350 e. The summed E-state index contributed by atoms with van der Waals surface area (Å²) in [5.74, 6) is 0. The van der Waals surface area contributed by atoms with Crippen LogP contribution in [0.3, 0.4) is 0 Å². The molecular formula is C8H16N2O2. The van der Waals surface area contributed by atoms with Crippen LogP contribution in [0, 0.1) is 0 Å². The summed E-state index contributed by atoms with van der Waals surface area (Å²) in [5.41, 5.74) is 0. The summed E-state index contributed by atoms with van der Waals surface area (Å²) in [5, 5.41) is 6.76. The molecule has 1 unspecified atom stereocenters. The number of hydrogen-bond acceptors (Lipinski definition) is 4. The molecule has 2 fully saturated rings. The molecule has 2 saturated heterocycles. The molecule has 2 rings (SSSR count). The van der Waals surface area contributed by atoms with E-state index in [2.05, 4.69) is 10.6 Å². The summed E-state index contributed by atoms with van der Waals surface area (Å²) in [6.45, 7) is 4.67. The number of rotatable bonds is 2. The Morgan fingerprint density at radius 1 is 1.17 bits per heavy atom. The Morgan fingerprint density at radius 3 is 2.67 bits per heavy atom. The van der Waals surface area contributed by atoms with Crippen molar-refractivity contribution in [3.05, 3.63) is 0 Å². The van der Waals surface area contributed by atoms with Gasteiger partial charge in [-0.15, -0.1) is 0 Å². The molecule has 2 aliphatic heterocycles. The van der Waals surface area contributed by atoms with Crippen molar-refractivity contribution in [2.75, 3.05) is 32.8 Å². The van der Waals surface area contributed by atoms with Gasteiger partial charge in [-0.2, -0.15) is 0 Å². The van der Waals surface area contributed by atoms with Gasteiger partial charge < -0.3 is 20.1 Å². The maximum atomic E-state index is 5.37. The number of ether oxygens (including phenoxy) is 2. The molecule has 4 heteroatoms. The van der Waals surface area contributed by atoms with Crippen LogP contribution in [0.25, 0.3) is 0 Å². The highest BCUT2D eigenvalue weighted by molar-refractivity contribution is 4.76. The van der Waals surface area contributed by atoms with Crippen molar-refractivity contribution in [2.24, 2.45) is 0 Å². The summed E-state index contributed by atoms with van der Waals surface area (Å²) < 4.78 is 10.7. The highest BCUT2D eigenvalue weighted by atomic mass is 16.7. The summed E-state index contributed by atoms with van der Waals surface area (Å²) >= 11 is 0. The molecule has 12 heavy (non-hydrogen) atoms. The summed E-state index contributed by atoms with van der Waals surface area (Å²) in [6, 6.07) is 0.516. The van der Waals surface area contributed by atoms with Gasteiger partial charge in [0.15, 0.2) is 6.29 Å². The van der Waals surface area contributed by atoms with E-state index in [4.69, 9.17) is 9.47 Å². The summed E-state index contributed by atoms with van der Waals surface area (Å²) in [6.07, 6.45) is 0.995. The zero-order valence-corrected chi connectivity index (χ0v) is 7.21. The molecule has 0 aromatic carbocycles. The SMILES string of the molecule is C1CNC(CC2OCCO2)CN1. The monoisotopic (exact) mass is 172 g/mol. The maximum absolute atomic E-state index is 5.37. The molecule has 70 valence electrons. The van der Waals surface area contributed by atoms with Gasteiger partial charge in [-0.25, -0.2) is 0 Å². The van der Waals surface area contributed by atoms with Crippen LogP contribution in [0.2, 0.25) is 0 Å². The third-order valence-electron chi connectivity index (χ3n) is 2.29. The fraction of sp³-hybridized carbons (Fsp3) is 1.00. The van der Waals surface area contributed by atoms with Gasteiger partial charge in [-0.3, -0.25) is 0 Å². The van der Waals surface area contributed by atoms with Crippen molar-refractivity contribution in [1.29, 1.82) is 0 Å². The first-order valence-electron chi connectivity index (χ1n) is 4.62. The quantitative estimate of drug-likeness (QED) is 0.578. The van der Waals surface area contributed by atoms with E-state index >= 15 is 0 Å². The molecule has 0 amide bonds. The number of piperazine rings is 1. The third-order valence-corrected chi connectivity index (χ3v) is 2.29. The largest absolute Gasteiger partial charge is 0.350 e. The van der Waals surface area contributed by atoms with Crippen molar-refractivity contribution in [3.63, 3.8) is 0 Å². The van der Waals surface area contributed by atoms with Crippen LogP contribution < -0.4 is 10.6 Å². The van der Waals surface area contributed by atoms with Gasteiger partial charge in [0.1, 0.15) is 0 Å². The first-order valence-corrected chi connectivity index (χ1v) is 4.62. The van der Waals surface area contributed by atoms with E-state index in [1.165, 1.54) is 0 Å². The van der Waals surface area contributed by atoms with Gasteiger partial charge in [0.05, 0.1) is 13.2 Å². The van der Waals surface area contributed by atoms with Crippen molar-refractivity contribution >= 4 is 0 Å². The third kappa shape index (κ3) is 2.17. The van der Waals surface area contributed by atoms with Gasteiger partial charge in [0, 0.05) is 32.1 Å². The zero-order chi connectivity index (χ0) is 8.23. The number of hydrogen-bond donors (Lipinski definition) is 2. The van der Waals surface area contributed by atoms with Crippen molar-refractivity contribution in [2.45, 2.75) is 18.8 Å². The molecule has 2 heterocycles. The maximum Gasteiger partial charge on any atom is 0.159 e. The predicted molar refractivity (Wildman–Crippen MR) is 45.0 cm³/mol. The summed E-state index contributed by atoms with van der Waals surface area (Å²) in [4.78, 5) is 0. The molecule has 0 aromatic rings. The normalized spacial score (nSPS) is 32.5. The lowest BCUT2D eigenvalue weighted by Crippen LogP contribution is -2.49. The van der Waals surface area contributed by atoms with E-state index in [0.717, 1.165) is 39.3 Å². The Hall–Kier alpha value is -0.160. The van der Waals surface area contributed by atoms with Crippen molar-refractivity contribution < 1.29 is 9.47 Å². The van der Waals surface area contributed by atoms with Gasteiger partial charge >= 0.3 is 0 Å². The second-order valence-corrected chi connectivity index (χ2v) is 3.26. The van der Waals surface area contributed by atoms with Crippen LogP contribution in [-0.2, 0) is 9.47 Å². The average molecular weight is 172 g/mol. The molecular weight excluding hydrogens is 156 g/mol. The van der Waals surface area contributed by atoms with E-state index in [-0.39, 0.29) is 6.29 Å². The van der Waals surface area contributed by atoms with Gasteiger partial charge in [-0.1, -0.05) is 0 Å². The molecule has 0 saturated carbocycles. The van der Waals surface area contributed by atoms with E-state index in [0.29, 0.717) is 6.04 Å². The highest BCUT2D eigenvalue weighted by Gasteiger charge is 2.22. The first kappa shape index (κ1) is 8.44. The lowest BCUT2D eigenvalue weighted by atomic mass is 10.1. The van der Waals surface area contributed by atoms with Gasteiger partial charge in [-0.05, 0) is 0 Å². The molecule has 2 N–H and O–H groups in total. The van der Waals surface area contributed by atoms with E-state index < -0.39 is 0 Å². The minimum absolute atomic E-state index is 0.0300. The summed E-state index contributed by atoms with van der Waals surface area (Å²) in [7, 11) is 0. The van der Waals surface area contributed by atoms with Crippen LogP contribution in [0.4, 0.5) is 0 Å². The molecule has 0 aliphatic carbocycles. The second-order valence-electron chi connectivity index (χ2n) is 3.26. The molecule has 2 aliphatic rings. The van der Waals surface area contributed by atoms with Gasteiger partial charge in [0.2, 0.25) is 0 Å². The van der Waals surface area contributed by atoms with E-state index in [9.17, 15) is 0 Å². The number of nitrogens with one attached hydrogen (secondary N) is 2. The van der Waals surface area contributed by atoms with Crippen LogP contribution in [0.5, 0.6) is 0 Å². The Kier molecular flexibility index (Phi) is 2.94. The minimum atomic E-state index is 0.0300. The lowest BCUT2D eigenvalue weighted by Gasteiger charge is -2.25. The molecule has 1 atom stereocenters. The fourth-order valence-corrected chi connectivity index (χ4v) is 1.66. The van der Waals surface area contributed by atoms with E-state index in [1.807, 2.05) is 0 Å². The van der Waals surface area contributed by atoms with Crippen molar-refractivity contribution in [1.82, 2.24) is 10.6 Å². The molecule has 4 nitrogen and oxygen atoms in total. The zero-order valence-electron chi connectivity index (χ0n) is 7.21. The molecule has 0 radical (unpaired) electrons. The Bertz CT molecular complexity index is 131. The topological polar surface area (TPSA) is 42.5 Å². The smallest absolute Gasteiger partial charge is 0.159 e. The molecule has 0 spiro atoms. The molecule has 0 bridgehead atoms. The lowest BCUT2D eigenvalue weighted by molar-refractivity contribution is -0.0532. The van der Waals surface area contributed by atoms with Crippen molar-refractivity contribution in [3.8, 4) is 0 Å². The fourth-order valence-electron chi connectivity index (χ4n) is 1.66. The Balaban J connectivity index is 1.69. The van der Waals surface area contributed by atoms with Crippen LogP contribution in [0.1, 0.15) is 6.42 Å². The Morgan fingerprint density at radius 2 is 2.00 bits per heavy atom.